The number of aromatic amines is 1. The number of nitrogens with one attached hydrogen (secondary N) is 3. The molecule has 1 aliphatic heterocycles. The smallest absolute Gasteiger partial charge is 0.257 e. The number of hydrogen-bond donors (Lipinski definition) is 3. The Morgan fingerprint density at radius 3 is 2.81 bits per heavy atom. The van der Waals surface area contributed by atoms with E-state index in [0.717, 1.165) is 11.1 Å². The monoisotopic (exact) mass is 454 g/mol. The van der Waals surface area contributed by atoms with Crippen molar-refractivity contribution in [2.24, 2.45) is 0 Å². The average Bonchev–Trinajstić information content (AvgIpc) is 2.72. The Kier molecular flexibility index (Phi) is 6.11. The quantitative estimate of drug-likeness (QED) is 0.398. The van der Waals surface area contributed by atoms with Crippen LogP contribution in [0.3, 0.4) is 0 Å². The van der Waals surface area contributed by atoms with E-state index in [2.05, 4.69) is 20.6 Å². The Labute approximate surface area is 187 Å². The highest BCUT2D eigenvalue weighted by Gasteiger charge is 2.34. The number of nitrogens with zero attached hydrogens (tertiary/aromatic N) is 1. The standard InChI is InChI=1S/C22H19ClN4O3S/c1-12-5-2-3-6-13(12)11-31-22-26-19-18(21(30)27-22)16(10-17(28)25-19)20(29)24-15-8-4-7-14(23)9-15/h2-9,16H,10-11H2,1H3,(H,24,29)(H2,25,26,27,28,30)/t16-/m1/s1. The van der Waals surface area contributed by atoms with Gasteiger partial charge in [-0.05, 0) is 36.2 Å². The molecule has 3 N–H and O–H groups in total. The van der Waals surface area contributed by atoms with E-state index in [-0.39, 0.29) is 23.7 Å². The fourth-order valence-electron chi connectivity index (χ4n) is 3.36. The highest BCUT2D eigenvalue weighted by Crippen LogP contribution is 2.31. The van der Waals surface area contributed by atoms with Crippen molar-refractivity contribution in [3.8, 4) is 0 Å². The predicted octanol–water partition coefficient (Wildman–Crippen LogP) is 4.09. The van der Waals surface area contributed by atoms with Gasteiger partial charge in [0.25, 0.3) is 5.56 Å². The fraction of sp³-hybridized carbons (Fsp3) is 0.182. The highest BCUT2D eigenvalue weighted by molar-refractivity contribution is 7.98. The summed E-state index contributed by atoms with van der Waals surface area (Å²) in [5.74, 6) is -1.05. The Morgan fingerprint density at radius 2 is 2.03 bits per heavy atom. The second-order valence-electron chi connectivity index (χ2n) is 7.15. The number of hydrogen-bond acceptors (Lipinski definition) is 5. The van der Waals surface area contributed by atoms with Gasteiger partial charge in [0, 0.05) is 22.9 Å². The number of anilines is 2. The van der Waals surface area contributed by atoms with Gasteiger partial charge in [-0.1, -0.05) is 53.7 Å². The zero-order valence-electron chi connectivity index (χ0n) is 16.6. The molecule has 1 atom stereocenters. The van der Waals surface area contributed by atoms with Crippen molar-refractivity contribution in [2.45, 2.75) is 30.2 Å². The van der Waals surface area contributed by atoms with E-state index < -0.39 is 17.4 Å². The maximum absolute atomic E-state index is 12.9. The predicted molar refractivity (Wildman–Crippen MR) is 122 cm³/mol. The first kappa shape index (κ1) is 21.1. The van der Waals surface area contributed by atoms with E-state index in [1.807, 2.05) is 31.2 Å². The molecule has 4 rings (SSSR count). The number of aromatic nitrogens is 2. The van der Waals surface area contributed by atoms with Crippen LogP contribution >= 0.6 is 23.4 Å². The molecule has 0 saturated carbocycles. The molecule has 158 valence electrons. The van der Waals surface area contributed by atoms with Crippen LogP contribution in [0.2, 0.25) is 5.02 Å². The van der Waals surface area contributed by atoms with Gasteiger partial charge in [-0.3, -0.25) is 14.4 Å². The van der Waals surface area contributed by atoms with Gasteiger partial charge in [-0.2, -0.15) is 0 Å². The molecule has 0 saturated heterocycles. The van der Waals surface area contributed by atoms with Crippen LogP contribution in [0, 0.1) is 6.92 Å². The number of amides is 2. The molecule has 31 heavy (non-hydrogen) atoms. The van der Waals surface area contributed by atoms with Crippen LogP contribution in [0.1, 0.15) is 29.0 Å². The number of benzene rings is 2. The van der Waals surface area contributed by atoms with E-state index in [9.17, 15) is 14.4 Å². The molecular formula is C22H19ClN4O3S. The van der Waals surface area contributed by atoms with Gasteiger partial charge in [0.2, 0.25) is 11.8 Å². The lowest BCUT2D eigenvalue weighted by Gasteiger charge is -2.23. The lowest BCUT2D eigenvalue weighted by molar-refractivity contribution is -0.123. The summed E-state index contributed by atoms with van der Waals surface area (Å²) >= 11 is 7.32. The Balaban J connectivity index is 1.58. The van der Waals surface area contributed by atoms with Crippen LogP contribution in [-0.2, 0) is 15.3 Å². The van der Waals surface area contributed by atoms with Crippen LogP contribution in [0.4, 0.5) is 11.5 Å². The van der Waals surface area contributed by atoms with Gasteiger partial charge < -0.3 is 15.6 Å². The molecule has 7 nitrogen and oxygen atoms in total. The first-order chi connectivity index (χ1) is 14.9. The number of aryl methyl sites for hydroxylation is 1. The molecule has 0 aliphatic carbocycles. The molecule has 0 bridgehead atoms. The van der Waals surface area contributed by atoms with Gasteiger partial charge in [-0.15, -0.1) is 0 Å². The number of thioether (sulfide) groups is 1. The maximum Gasteiger partial charge on any atom is 0.257 e. The lowest BCUT2D eigenvalue weighted by atomic mass is 9.92. The van der Waals surface area contributed by atoms with Gasteiger partial charge in [0.15, 0.2) is 5.16 Å². The van der Waals surface area contributed by atoms with Crippen molar-refractivity contribution in [2.75, 3.05) is 10.6 Å². The van der Waals surface area contributed by atoms with E-state index in [1.165, 1.54) is 11.8 Å². The lowest BCUT2D eigenvalue weighted by Crippen LogP contribution is -2.36. The maximum atomic E-state index is 12.9. The van der Waals surface area contributed by atoms with Crippen molar-refractivity contribution in [1.82, 2.24) is 9.97 Å². The van der Waals surface area contributed by atoms with E-state index >= 15 is 0 Å². The topological polar surface area (TPSA) is 104 Å². The highest BCUT2D eigenvalue weighted by atomic mass is 35.5. The molecule has 0 spiro atoms. The second-order valence-corrected chi connectivity index (χ2v) is 8.55. The minimum atomic E-state index is -0.950. The zero-order valence-corrected chi connectivity index (χ0v) is 18.1. The summed E-state index contributed by atoms with van der Waals surface area (Å²) in [6, 6.07) is 14.6. The molecule has 0 radical (unpaired) electrons. The van der Waals surface area contributed by atoms with Crippen LogP contribution in [0.25, 0.3) is 0 Å². The van der Waals surface area contributed by atoms with E-state index in [4.69, 9.17) is 11.6 Å². The third-order valence-corrected chi connectivity index (χ3v) is 6.12. The van der Waals surface area contributed by atoms with E-state index in [0.29, 0.717) is 21.6 Å². The average molecular weight is 455 g/mol. The molecule has 1 aromatic heterocycles. The molecule has 0 fully saturated rings. The third-order valence-electron chi connectivity index (χ3n) is 4.96. The minimum Gasteiger partial charge on any atom is -0.325 e. The van der Waals surface area contributed by atoms with Gasteiger partial charge in [0.05, 0.1) is 11.5 Å². The molecule has 2 amide bonds. The van der Waals surface area contributed by atoms with Crippen molar-refractivity contribution >= 4 is 46.7 Å². The van der Waals surface area contributed by atoms with Crippen LogP contribution < -0.4 is 16.2 Å². The number of halogens is 1. The van der Waals surface area contributed by atoms with Crippen molar-refractivity contribution in [3.05, 3.63) is 80.6 Å². The summed E-state index contributed by atoms with van der Waals surface area (Å²) < 4.78 is 0. The van der Waals surface area contributed by atoms with Crippen molar-refractivity contribution in [3.63, 3.8) is 0 Å². The van der Waals surface area contributed by atoms with Crippen LogP contribution in [0.5, 0.6) is 0 Å². The summed E-state index contributed by atoms with van der Waals surface area (Å²) in [5.41, 5.74) is 2.46. The minimum absolute atomic E-state index is 0.124. The summed E-state index contributed by atoms with van der Waals surface area (Å²) in [6.45, 7) is 2.02. The number of rotatable bonds is 5. The summed E-state index contributed by atoms with van der Waals surface area (Å²) in [4.78, 5) is 45.0. The zero-order chi connectivity index (χ0) is 22.0. The Bertz CT molecular complexity index is 1230. The largest absolute Gasteiger partial charge is 0.325 e. The number of carbonyl (C=O) groups is 2. The Morgan fingerprint density at radius 1 is 1.23 bits per heavy atom. The first-order valence-electron chi connectivity index (χ1n) is 9.58. The number of H-pyrrole nitrogens is 1. The molecule has 2 aromatic carbocycles. The molecule has 9 heteroatoms. The summed E-state index contributed by atoms with van der Waals surface area (Å²) in [5, 5.41) is 6.19. The number of carbonyl (C=O) groups excluding carboxylic acids is 2. The van der Waals surface area contributed by atoms with Gasteiger partial charge in [0.1, 0.15) is 5.82 Å². The molecule has 2 heterocycles. The molecule has 0 unspecified atom stereocenters. The molecular weight excluding hydrogens is 436 g/mol. The van der Waals surface area contributed by atoms with Crippen LogP contribution in [-0.4, -0.2) is 21.8 Å². The Hall–Kier alpha value is -3.10. The normalized spacial score (nSPS) is 15.2. The van der Waals surface area contributed by atoms with Crippen molar-refractivity contribution in [1.29, 1.82) is 0 Å². The van der Waals surface area contributed by atoms with Crippen LogP contribution in [0.15, 0.2) is 58.5 Å². The van der Waals surface area contributed by atoms with Gasteiger partial charge in [-0.25, -0.2) is 4.98 Å². The molecule has 1 aliphatic rings. The molecule has 3 aromatic rings. The summed E-state index contributed by atoms with van der Waals surface area (Å²) in [6.07, 6.45) is -0.139. The third kappa shape index (κ3) is 4.81. The number of fused-ring (bicyclic) bond motifs is 1. The SMILES string of the molecule is Cc1ccccc1CSc1nc2c(c(=O)[nH]1)[C@H](C(=O)Nc1cccc(Cl)c1)CC(=O)N2. The van der Waals surface area contributed by atoms with E-state index in [1.54, 1.807) is 24.3 Å². The summed E-state index contributed by atoms with van der Waals surface area (Å²) in [7, 11) is 0. The van der Waals surface area contributed by atoms with Crippen molar-refractivity contribution < 1.29 is 9.59 Å². The second kappa shape index (κ2) is 8.95. The fourth-order valence-corrected chi connectivity index (χ4v) is 4.48. The first-order valence-corrected chi connectivity index (χ1v) is 10.9. The van der Waals surface area contributed by atoms with Gasteiger partial charge >= 0.3 is 0 Å².